The van der Waals surface area contributed by atoms with E-state index in [1.165, 1.54) is 0 Å². The van der Waals surface area contributed by atoms with Gasteiger partial charge in [-0.3, -0.25) is 14.4 Å². The van der Waals surface area contributed by atoms with Gasteiger partial charge in [-0.15, -0.1) is 7.92 Å². The van der Waals surface area contributed by atoms with Crippen molar-refractivity contribution in [2.24, 2.45) is 17.8 Å². The van der Waals surface area contributed by atoms with E-state index in [2.05, 4.69) is 0 Å². The molecule has 3 unspecified atom stereocenters. The molecule has 0 spiro atoms. The van der Waals surface area contributed by atoms with Gasteiger partial charge in [0, 0.05) is 0 Å². The molecule has 0 aromatic heterocycles. The first-order valence-corrected chi connectivity index (χ1v) is 7.95. The van der Waals surface area contributed by atoms with Crippen molar-refractivity contribution >= 4 is 25.8 Å². The van der Waals surface area contributed by atoms with Crippen molar-refractivity contribution in [1.29, 1.82) is 0 Å². The van der Waals surface area contributed by atoms with E-state index in [-0.39, 0.29) is 0 Å². The maximum absolute atomic E-state index is 10.9. The Morgan fingerprint density at radius 3 is 1.11 bits per heavy atom. The van der Waals surface area contributed by atoms with E-state index in [4.69, 9.17) is 15.3 Å². The Morgan fingerprint density at radius 2 is 0.947 bits per heavy atom. The van der Waals surface area contributed by atoms with Gasteiger partial charge in [-0.2, -0.15) is 0 Å². The summed E-state index contributed by atoms with van der Waals surface area (Å²) < 4.78 is 0. The van der Waals surface area contributed by atoms with Gasteiger partial charge < -0.3 is 15.3 Å². The molecule has 6 nitrogen and oxygen atoms in total. The van der Waals surface area contributed by atoms with Crippen molar-refractivity contribution in [3.8, 4) is 0 Å². The Bertz CT molecular complexity index is 291. The molecule has 0 saturated heterocycles. The quantitative estimate of drug-likeness (QED) is 0.557. The summed E-state index contributed by atoms with van der Waals surface area (Å²) >= 11 is 0. The van der Waals surface area contributed by atoms with E-state index in [1.807, 2.05) is 0 Å². The molecule has 0 aromatic rings. The molecule has 0 aliphatic heterocycles. The first-order valence-electron chi connectivity index (χ1n) is 6.05. The van der Waals surface area contributed by atoms with Crippen molar-refractivity contribution in [3.05, 3.63) is 0 Å². The molecule has 0 aliphatic rings. The highest BCUT2D eigenvalue weighted by atomic mass is 31.1. The number of carboxylic acid groups (broad SMARTS) is 3. The normalized spacial score (nSPS) is 17.2. The van der Waals surface area contributed by atoms with Crippen molar-refractivity contribution < 1.29 is 29.7 Å². The van der Waals surface area contributed by atoms with Crippen LogP contribution in [0.4, 0.5) is 0 Å². The largest absolute Gasteiger partial charge is 0.481 e. The molecule has 0 heterocycles. The highest BCUT2D eigenvalue weighted by Gasteiger charge is 2.25. The fraction of sp³-hybridized carbons (Fsp3) is 0.750. The second kappa shape index (κ2) is 8.10. The minimum Gasteiger partial charge on any atom is -0.481 e. The van der Waals surface area contributed by atoms with Gasteiger partial charge in [-0.05, 0) is 18.5 Å². The van der Waals surface area contributed by atoms with Crippen LogP contribution in [0.2, 0.25) is 0 Å². The van der Waals surface area contributed by atoms with Crippen LogP contribution in [0.25, 0.3) is 0 Å². The number of hydrogen-bond acceptors (Lipinski definition) is 3. The Labute approximate surface area is 113 Å². The first-order chi connectivity index (χ1) is 8.65. The third-order valence-electron chi connectivity index (χ3n) is 2.86. The molecule has 0 amide bonds. The topological polar surface area (TPSA) is 112 Å². The molecule has 3 N–H and O–H groups in total. The fourth-order valence-electron chi connectivity index (χ4n) is 1.62. The third kappa shape index (κ3) is 7.11. The summed E-state index contributed by atoms with van der Waals surface area (Å²) in [6.45, 7) is 4.69. The summed E-state index contributed by atoms with van der Waals surface area (Å²) in [5.74, 6) is -4.52. The second-order valence-corrected chi connectivity index (χ2v) is 7.37. The van der Waals surface area contributed by atoms with Crippen molar-refractivity contribution in [1.82, 2.24) is 0 Å². The van der Waals surface area contributed by atoms with E-state index in [9.17, 15) is 14.4 Å². The highest BCUT2D eigenvalue weighted by molar-refractivity contribution is 7.57. The second-order valence-electron chi connectivity index (χ2n) is 4.94. The van der Waals surface area contributed by atoms with Gasteiger partial charge in [-0.25, -0.2) is 0 Å². The summed E-state index contributed by atoms with van der Waals surface area (Å²) in [4.78, 5) is 32.6. The maximum atomic E-state index is 10.9. The maximum Gasteiger partial charge on any atom is 0.306 e. The molecule has 0 rings (SSSR count). The van der Waals surface area contributed by atoms with E-state index in [0.29, 0.717) is 18.5 Å². The number of carboxylic acids is 3. The van der Waals surface area contributed by atoms with Crippen LogP contribution >= 0.6 is 7.92 Å². The summed E-state index contributed by atoms with van der Waals surface area (Å²) in [6.07, 6.45) is 1.08. The van der Waals surface area contributed by atoms with Gasteiger partial charge in [0.25, 0.3) is 0 Å². The number of rotatable bonds is 9. The molecule has 0 bridgehead atoms. The first kappa shape index (κ1) is 17.8. The summed E-state index contributed by atoms with van der Waals surface area (Å²) in [7, 11) is -0.919. The van der Waals surface area contributed by atoms with Crippen LogP contribution < -0.4 is 0 Å². The van der Waals surface area contributed by atoms with Crippen LogP contribution in [-0.4, -0.2) is 51.7 Å². The predicted octanol–water partition coefficient (Wildman–Crippen LogP) is 1.63. The van der Waals surface area contributed by atoms with Crippen LogP contribution in [0.15, 0.2) is 0 Å². The molecule has 19 heavy (non-hydrogen) atoms. The van der Waals surface area contributed by atoms with Crippen LogP contribution in [-0.2, 0) is 14.4 Å². The zero-order valence-corrected chi connectivity index (χ0v) is 12.3. The van der Waals surface area contributed by atoms with Crippen molar-refractivity contribution in [2.45, 2.75) is 20.8 Å². The molecule has 3 atom stereocenters. The lowest BCUT2D eigenvalue weighted by atomic mass is 10.2. The van der Waals surface area contributed by atoms with E-state index in [0.717, 1.165) is 0 Å². The van der Waals surface area contributed by atoms with Gasteiger partial charge in [0.1, 0.15) is 0 Å². The SMILES string of the molecule is CC(CP(CC(C)C(=O)O)CC(C)C(=O)O)C(=O)O. The fourth-order valence-corrected chi connectivity index (χ4v) is 4.86. The Balaban J connectivity index is 4.67. The van der Waals surface area contributed by atoms with Gasteiger partial charge in [0.15, 0.2) is 0 Å². The Morgan fingerprint density at radius 1 is 0.737 bits per heavy atom. The minimum absolute atomic E-state index is 0.361. The van der Waals surface area contributed by atoms with Crippen LogP contribution in [0, 0.1) is 17.8 Å². The van der Waals surface area contributed by atoms with Gasteiger partial charge in [0.2, 0.25) is 0 Å². The summed E-state index contributed by atoms with van der Waals surface area (Å²) in [5.41, 5.74) is 0. The Hall–Kier alpha value is -1.16. The minimum atomic E-state index is -0.932. The lowest BCUT2D eigenvalue weighted by molar-refractivity contribution is -0.141. The lowest BCUT2D eigenvalue weighted by Gasteiger charge is -2.23. The molecule has 0 fully saturated rings. The summed E-state index contributed by atoms with van der Waals surface area (Å²) in [5, 5.41) is 26.7. The molecule has 0 saturated carbocycles. The van der Waals surface area contributed by atoms with E-state index >= 15 is 0 Å². The average Bonchev–Trinajstić information content (AvgIpc) is 2.27. The molecule has 110 valence electrons. The smallest absolute Gasteiger partial charge is 0.306 e. The van der Waals surface area contributed by atoms with Crippen molar-refractivity contribution in [3.63, 3.8) is 0 Å². The van der Waals surface area contributed by atoms with Gasteiger partial charge in [0.05, 0.1) is 17.8 Å². The number of hydrogen-bond donors (Lipinski definition) is 3. The Kier molecular flexibility index (Phi) is 7.61. The van der Waals surface area contributed by atoms with Crippen LogP contribution in [0.3, 0.4) is 0 Å². The van der Waals surface area contributed by atoms with E-state index in [1.54, 1.807) is 20.8 Å². The standard InChI is InChI=1S/C12H21O6P/c1-7(10(13)14)4-19(5-8(2)11(15)16)6-9(3)12(17)18/h7-9H,4-6H2,1-3H3,(H,13,14)(H,15,16)(H,17,18). The molecular formula is C12H21O6P. The third-order valence-corrected chi connectivity index (χ3v) is 6.05. The highest BCUT2D eigenvalue weighted by Crippen LogP contribution is 2.41. The number of carbonyl (C=O) groups is 3. The predicted molar refractivity (Wildman–Crippen MR) is 71.9 cm³/mol. The summed E-state index contributed by atoms with van der Waals surface area (Å²) in [6, 6.07) is 0. The monoisotopic (exact) mass is 292 g/mol. The molecule has 0 aromatic carbocycles. The lowest BCUT2D eigenvalue weighted by Crippen LogP contribution is -2.22. The van der Waals surface area contributed by atoms with Crippen LogP contribution in [0.5, 0.6) is 0 Å². The average molecular weight is 292 g/mol. The van der Waals surface area contributed by atoms with Gasteiger partial charge in [-0.1, -0.05) is 20.8 Å². The van der Waals surface area contributed by atoms with Crippen LogP contribution in [0.1, 0.15) is 20.8 Å². The number of aliphatic carboxylic acids is 3. The molecule has 0 aliphatic carbocycles. The van der Waals surface area contributed by atoms with E-state index < -0.39 is 43.6 Å². The van der Waals surface area contributed by atoms with Crippen molar-refractivity contribution in [2.75, 3.05) is 18.5 Å². The molecule has 7 heteroatoms. The molecule has 0 radical (unpaired) electrons. The van der Waals surface area contributed by atoms with Gasteiger partial charge >= 0.3 is 17.9 Å². The zero-order chi connectivity index (χ0) is 15.2. The zero-order valence-electron chi connectivity index (χ0n) is 11.4. The molecular weight excluding hydrogens is 271 g/mol.